The van der Waals surface area contributed by atoms with Gasteiger partial charge in [0.15, 0.2) is 0 Å². The lowest BCUT2D eigenvalue weighted by atomic mass is 9.91. The summed E-state index contributed by atoms with van der Waals surface area (Å²) in [6, 6.07) is 81.1. The molecule has 0 fully saturated rings. The van der Waals surface area contributed by atoms with E-state index in [4.69, 9.17) is 4.42 Å². The summed E-state index contributed by atoms with van der Waals surface area (Å²) < 4.78 is 9.37. The number of rotatable bonds is 7. The molecule has 12 aromatic rings. The molecule has 10 aromatic carbocycles. The number of nitrogens with zero attached hydrogens (tertiary/aromatic N) is 1. The summed E-state index contributed by atoms with van der Waals surface area (Å²) in [5.74, 6) is 0. The van der Waals surface area contributed by atoms with E-state index in [9.17, 15) is 0 Å². The molecule has 2 nitrogen and oxygen atoms in total. The Bertz CT molecular complexity index is 3580. The van der Waals surface area contributed by atoms with Gasteiger partial charge in [-0.25, -0.2) is 0 Å². The maximum atomic E-state index is 6.79. The molecule has 0 aliphatic heterocycles. The molecule has 0 atom stereocenters. The van der Waals surface area contributed by atoms with Gasteiger partial charge in [-0.05, 0) is 98.9 Å². The van der Waals surface area contributed by atoms with Crippen LogP contribution >= 0.6 is 11.3 Å². The third kappa shape index (κ3) is 5.93. The number of para-hydroxylation sites is 1. The minimum Gasteiger partial charge on any atom is -0.455 e. The predicted octanol–water partition coefficient (Wildman–Crippen LogP) is 17.2. The summed E-state index contributed by atoms with van der Waals surface area (Å²) in [5, 5.41) is 7.03. The molecular formula is C58H37NOS. The lowest BCUT2D eigenvalue weighted by Crippen LogP contribution is -2.11. The Labute approximate surface area is 357 Å². The highest BCUT2D eigenvalue weighted by Gasteiger charge is 2.24. The van der Waals surface area contributed by atoms with Gasteiger partial charge in [0.05, 0.1) is 16.8 Å². The quantitative estimate of drug-likeness (QED) is 0.160. The third-order valence-electron chi connectivity index (χ3n) is 12.1. The van der Waals surface area contributed by atoms with Crippen LogP contribution in [0.25, 0.3) is 97.4 Å². The Morgan fingerprint density at radius 3 is 1.84 bits per heavy atom. The fraction of sp³-hybridized carbons (Fsp3) is 0. The fourth-order valence-electron chi connectivity index (χ4n) is 9.28. The van der Waals surface area contributed by atoms with Crippen molar-refractivity contribution in [3.63, 3.8) is 0 Å². The molecule has 0 amide bonds. The van der Waals surface area contributed by atoms with Crippen LogP contribution in [-0.2, 0) is 0 Å². The van der Waals surface area contributed by atoms with Crippen LogP contribution in [0.4, 0.5) is 17.1 Å². The van der Waals surface area contributed by atoms with E-state index in [0.717, 1.165) is 55.3 Å². The summed E-state index contributed by atoms with van der Waals surface area (Å²) in [5.41, 5.74) is 14.5. The number of anilines is 3. The number of hydrogen-bond donors (Lipinski definition) is 0. The Kier molecular flexibility index (Phi) is 8.39. The van der Waals surface area contributed by atoms with Crippen molar-refractivity contribution in [3.05, 3.63) is 224 Å². The zero-order chi connectivity index (χ0) is 40.3. The maximum absolute atomic E-state index is 6.79. The van der Waals surface area contributed by atoms with Crippen LogP contribution in [0.5, 0.6) is 0 Å². The molecule has 0 saturated heterocycles. The van der Waals surface area contributed by atoms with E-state index in [1.54, 1.807) is 0 Å². The number of fused-ring (bicyclic) bond motifs is 8. The van der Waals surface area contributed by atoms with Crippen LogP contribution in [0, 0.1) is 0 Å². The van der Waals surface area contributed by atoms with Crippen molar-refractivity contribution in [1.82, 2.24) is 0 Å². The van der Waals surface area contributed by atoms with Gasteiger partial charge in [0.2, 0.25) is 0 Å². The molecular weight excluding hydrogens is 759 g/mol. The lowest BCUT2D eigenvalue weighted by molar-refractivity contribution is 0.672. The second-order valence-corrected chi connectivity index (χ2v) is 16.7. The molecule has 0 bridgehead atoms. The molecule has 12 rings (SSSR count). The molecule has 61 heavy (non-hydrogen) atoms. The second-order valence-electron chi connectivity index (χ2n) is 15.6. The van der Waals surface area contributed by atoms with Crippen LogP contribution in [-0.4, -0.2) is 0 Å². The van der Waals surface area contributed by atoms with Crippen molar-refractivity contribution in [1.29, 1.82) is 0 Å². The molecule has 0 radical (unpaired) electrons. The molecule has 0 N–H and O–H groups in total. The van der Waals surface area contributed by atoms with E-state index in [1.165, 1.54) is 59.1 Å². The Balaban J connectivity index is 1.08. The molecule has 0 unspecified atom stereocenters. The SMILES string of the molecule is c1ccc(-c2ccc(-c3ccc(N(c4ccccc4-c4cccc5sc6ccccc6c45)c4cccc5oc6c7ccccc7ccc6c45)cc3)c(-c3ccccc3)c2)cc1. The Hall–Kier alpha value is -7.72. The van der Waals surface area contributed by atoms with Gasteiger partial charge in [-0.15, -0.1) is 11.3 Å². The van der Waals surface area contributed by atoms with Crippen LogP contribution in [0.1, 0.15) is 0 Å². The van der Waals surface area contributed by atoms with E-state index in [0.29, 0.717) is 0 Å². The molecule has 3 heteroatoms. The molecule has 2 aromatic heterocycles. The van der Waals surface area contributed by atoms with Crippen molar-refractivity contribution >= 4 is 81.3 Å². The standard InChI is InChI=1S/C58H37NOS/c1-3-15-38(16-4-1)42-32-35-44(50(37-42)39-17-5-2-6-18-39)41-29-33-43(34-30-41)59(52-25-14-26-53-57(52)49-36-31-40-19-7-8-20-45(40)58(49)60-53)51-24-11-9-21-46(51)47-23-13-28-55-56(47)48-22-10-12-27-54(48)61-55/h1-37H. The Morgan fingerprint density at radius 1 is 0.344 bits per heavy atom. The first kappa shape index (κ1) is 35.2. The lowest BCUT2D eigenvalue weighted by Gasteiger charge is -2.29. The van der Waals surface area contributed by atoms with Crippen LogP contribution < -0.4 is 4.90 Å². The normalized spacial score (nSPS) is 11.6. The maximum Gasteiger partial charge on any atom is 0.143 e. The van der Waals surface area contributed by atoms with Gasteiger partial charge in [0, 0.05) is 42.2 Å². The van der Waals surface area contributed by atoms with Crippen LogP contribution in [0.3, 0.4) is 0 Å². The summed E-state index contributed by atoms with van der Waals surface area (Å²) in [6.45, 7) is 0. The van der Waals surface area contributed by atoms with Crippen molar-refractivity contribution < 1.29 is 4.42 Å². The minimum atomic E-state index is 0.861. The largest absolute Gasteiger partial charge is 0.455 e. The molecule has 0 saturated carbocycles. The topological polar surface area (TPSA) is 16.4 Å². The highest BCUT2D eigenvalue weighted by Crippen LogP contribution is 2.49. The van der Waals surface area contributed by atoms with Gasteiger partial charge in [0.25, 0.3) is 0 Å². The van der Waals surface area contributed by atoms with Crippen LogP contribution in [0.15, 0.2) is 229 Å². The van der Waals surface area contributed by atoms with Crippen molar-refractivity contribution in [3.8, 4) is 44.5 Å². The van der Waals surface area contributed by atoms with Crippen molar-refractivity contribution in [2.75, 3.05) is 4.90 Å². The van der Waals surface area contributed by atoms with Gasteiger partial charge >= 0.3 is 0 Å². The number of thiophene rings is 1. The number of hydrogen-bond acceptors (Lipinski definition) is 3. The average Bonchev–Trinajstić information content (AvgIpc) is 3.92. The zero-order valence-electron chi connectivity index (χ0n) is 33.1. The first-order valence-electron chi connectivity index (χ1n) is 20.7. The predicted molar refractivity (Wildman–Crippen MR) is 261 cm³/mol. The first-order chi connectivity index (χ1) is 30.3. The smallest absolute Gasteiger partial charge is 0.143 e. The summed E-state index contributed by atoms with van der Waals surface area (Å²) in [7, 11) is 0. The van der Waals surface area contributed by atoms with E-state index in [2.05, 4.69) is 229 Å². The third-order valence-corrected chi connectivity index (χ3v) is 13.2. The molecule has 0 spiro atoms. The summed E-state index contributed by atoms with van der Waals surface area (Å²) in [6.07, 6.45) is 0. The fourth-order valence-corrected chi connectivity index (χ4v) is 10.4. The van der Waals surface area contributed by atoms with Crippen LogP contribution in [0.2, 0.25) is 0 Å². The first-order valence-corrected chi connectivity index (χ1v) is 21.6. The molecule has 2 heterocycles. The van der Waals surface area contributed by atoms with Gasteiger partial charge in [0.1, 0.15) is 11.2 Å². The molecule has 0 aliphatic carbocycles. The second kappa shape index (κ2) is 14.5. The van der Waals surface area contributed by atoms with E-state index in [1.807, 2.05) is 11.3 Å². The van der Waals surface area contributed by atoms with Gasteiger partial charge in [-0.3, -0.25) is 0 Å². The van der Waals surface area contributed by atoms with E-state index >= 15 is 0 Å². The highest BCUT2D eigenvalue weighted by molar-refractivity contribution is 7.25. The minimum absolute atomic E-state index is 0.861. The van der Waals surface area contributed by atoms with Gasteiger partial charge in [-0.1, -0.05) is 170 Å². The molecule has 0 aliphatic rings. The molecule has 286 valence electrons. The Morgan fingerprint density at radius 2 is 0.984 bits per heavy atom. The number of furan rings is 1. The zero-order valence-corrected chi connectivity index (χ0v) is 33.9. The average molecular weight is 796 g/mol. The summed E-state index contributed by atoms with van der Waals surface area (Å²) in [4.78, 5) is 2.44. The number of benzene rings is 10. The van der Waals surface area contributed by atoms with Gasteiger partial charge in [-0.2, -0.15) is 0 Å². The van der Waals surface area contributed by atoms with Crippen molar-refractivity contribution in [2.24, 2.45) is 0 Å². The van der Waals surface area contributed by atoms with E-state index in [-0.39, 0.29) is 0 Å². The van der Waals surface area contributed by atoms with E-state index < -0.39 is 0 Å². The monoisotopic (exact) mass is 795 g/mol. The van der Waals surface area contributed by atoms with Gasteiger partial charge < -0.3 is 9.32 Å². The summed E-state index contributed by atoms with van der Waals surface area (Å²) >= 11 is 1.86. The highest BCUT2D eigenvalue weighted by atomic mass is 32.1. The van der Waals surface area contributed by atoms with Crippen molar-refractivity contribution in [2.45, 2.75) is 0 Å².